The van der Waals surface area contributed by atoms with E-state index in [4.69, 9.17) is 18.5 Å². The summed E-state index contributed by atoms with van der Waals surface area (Å²) in [5, 5.41) is 9.73. The number of quaternary nitrogens is 1. The molecule has 0 aliphatic carbocycles. The van der Waals surface area contributed by atoms with Crippen molar-refractivity contribution in [3.05, 3.63) is 60.8 Å². The van der Waals surface area contributed by atoms with Crippen LogP contribution < -0.4 is 4.89 Å². The molecular formula is C46H82NO9P. The molecule has 0 rings (SSSR count). The molecule has 11 heteroatoms. The molecule has 10 nitrogen and oxygen atoms in total. The van der Waals surface area contributed by atoms with Gasteiger partial charge in [0.05, 0.1) is 33.9 Å². The first-order valence-electron chi connectivity index (χ1n) is 22.1. The second-order valence-corrected chi connectivity index (χ2v) is 17.3. The van der Waals surface area contributed by atoms with Crippen LogP contribution in [0.5, 0.6) is 0 Å². The Morgan fingerprint density at radius 2 is 1.14 bits per heavy atom. The predicted molar refractivity (Wildman–Crippen MR) is 232 cm³/mol. The van der Waals surface area contributed by atoms with Gasteiger partial charge in [-0.1, -0.05) is 132 Å². The van der Waals surface area contributed by atoms with Crippen LogP contribution in [0.2, 0.25) is 0 Å². The summed E-state index contributed by atoms with van der Waals surface area (Å²) in [6, 6.07) is 0. The van der Waals surface area contributed by atoms with Gasteiger partial charge in [-0.15, -0.1) is 0 Å². The first-order valence-corrected chi connectivity index (χ1v) is 23.5. The van der Waals surface area contributed by atoms with Crippen LogP contribution in [0.4, 0.5) is 0 Å². The number of esters is 2. The number of rotatable bonds is 39. The molecule has 0 aromatic heterocycles. The molecule has 2 unspecified atom stereocenters. The largest absolute Gasteiger partial charge is 0.756 e. The van der Waals surface area contributed by atoms with Gasteiger partial charge in [-0.3, -0.25) is 14.2 Å². The van der Waals surface area contributed by atoms with Gasteiger partial charge >= 0.3 is 11.9 Å². The summed E-state index contributed by atoms with van der Waals surface area (Å²) in [5.74, 6) is -0.934. The normalized spacial score (nSPS) is 14.7. The monoisotopic (exact) mass is 824 g/mol. The molecule has 1 N–H and O–H groups in total. The second kappa shape index (κ2) is 37.9. The van der Waals surface area contributed by atoms with Gasteiger partial charge in [0, 0.05) is 12.8 Å². The van der Waals surface area contributed by atoms with E-state index in [1.807, 2.05) is 33.3 Å². The number of likely N-dealkylation sites (N-methyl/N-ethyl adjacent to an activating group) is 1. The molecule has 0 aliphatic rings. The standard InChI is InChI=1S/C46H82NO9P/c1-6-8-9-10-11-12-13-14-15-18-22-25-28-31-34-38-46(50)56-44(42-55-57(51,52)54-40-39-47(3,4)5)41-53-45(49)37-33-30-27-24-21-19-16-17-20-23-26-29-32-36-43(48)35-7-2/h14-16,19-20,23-24,27,29,32,43-44,48H,6-13,17-18,21-22,25-26,28,30-31,33-42H2,1-5H3/b15-14-,19-16-,23-20-,27-24-,32-29-/t43?,44-/m1/s1. The lowest BCUT2D eigenvalue weighted by Crippen LogP contribution is -2.37. The van der Waals surface area contributed by atoms with Crippen molar-refractivity contribution in [1.82, 2.24) is 0 Å². The highest BCUT2D eigenvalue weighted by molar-refractivity contribution is 7.45. The number of phosphoric acid groups is 1. The number of aliphatic hydroxyl groups is 1. The molecule has 0 radical (unpaired) electrons. The minimum absolute atomic E-state index is 0.0494. The number of carbonyl (C=O) groups excluding carboxylic acids is 2. The smallest absolute Gasteiger partial charge is 0.306 e. The maximum atomic E-state index is 12.7. The molecule has 330 valence electrons. The third kappa shape index (κ3) is 41.6. The van der Waals surface area contributed by atoms with Gasteiger partial charge in [0.15, 0.2) is 6.10 Å². The van der Waals surface area contributed by atoms with Crippen molar-refractivity contribution in [2.45, 2.75) is 174 Å². The first-order chi connectivity index (χ1) is 27.4. The number of ether oxygens (including phenoxy) is 2. The summed E-state index contributed by atoms with van der Waals surface area (Å²) in [5.41, 5.74) is 0. The molecule has 0 fully saturated rings. The summed E-state index contributed by atoms with van der Waals surface area (Å²) in [6.45, 7) is 3.92. The quantitative estimate of drug-likeness (QED) is 0.0212. The lowest BCUT2D eigenvalue weighted by atomic mass is 10.1. The zero-order valence-electron chi connectivity index (χ0n) is 36.6. The number of hydrogen-bond donors (Lipinski definition) is 1. The van der Waals surface area contributed by atoms with Gasteiger partial charge < -0.3 is 33.0 Å². The lowest BCUT2D eigenvalue weighted by molar-refractivity contribution is -0.870. The van der Waals surface area contributed by atoms with E-state index in [0.717, 1.165) is 70.6 Å². The maximum Gasteiger partial charge on any atom is 0.306 e. The van der Waals surface area contributed by atoms with Gasteiger partial charge in [-0.25, -0.2) is 0 Å². The minimum atomic E-state index is -4.65. The van der Waals surface area contributed by atoms with Crippen LogP contribution in [0.1, 0.15) is 162 Å². The van der Waals surface area contributed by atoms with E-state index >= 15 is 0 Å². The highest BCUT2D eigenvalue weighted by atomic mass is 31.2. The van der Waals surface area contributed by atoms with Crippen molar-refractivity contribution in [3.8, 4) is 0 Å². The van der Waals surface area contributed by atoms with Crippen LogP contribution in [0.25, 0.3) is 0 Å². The van der Waals surface area contributed by atoms with Gasteiger partial charge in [-0.2, -0.15) is 0 Å². The summed E-state index contributed by atoms with van der Waals surface area (Å²) in [7, 11) is 1.10. The Morgan fingerprint density at radius 1 is 0.632 bits per heavy atom. The number of nitrogens with zero attached hydrogens (tertiary/aromatic N) is 1. The Labute approximate surface area is 348 Å². The molecule has 0 saturated heterocycles. The number of allylic oxidation sites excluding steroid dienone is 9. The molecule has 0 amide bonds. The van der Waals surface area contributed by atoms with E-state index in [2.05, 4.69) is 62.5 Å². The van der Waals surface area contributed by atoms with Crippen LogP contribution in [-0.4, -0.2) is 81.2 Å². The fourth-order valence-corrected chi connectivity index (χ4v) is 6.33. The number of phosphoric ester groups is 1. The van der Waals surface area contributed by atoms with Crippen LogP contribution in [0.3, 0.4) is 0 Å². The lowest BCUT2D eigenvalue weighted by Gasteiger charge is -2.28. The highest BCUT2D eigenvalue weighted by Crippen LogP contribution is 2.38. The van der Waals surface area contributed by atoms with Gasteiger partial charge in [-0.05, 0) is 77.0 Å². The molecule has 0 saturated carbocycles. The minimum Gasteiger partial charge on any atom is -0.756 e. The van der Waals surface area contributed by atoms with Crippen LogP contribution in [-0.2, 0) is 32.7 Å². The zero-order valence-corrected chi connectivity index (χ0v) is 37.5. The van der Waals surface area contributed by atoms with Crippen LogP contribution in [0, 0.1) is 0 Å². The number of unbranched alkanes of at least 4 members (excludes halogenated alkanes) is 12. The Hall–Kier alpha value is -2.33. The van der Waals surface area contributed by atoms with Crippen molar-refractivity contribution in [2.75, 3.05) is 47.5 Å². The summed E-state index contributed by atoms with van der Waals surface area (Å²) in [6.07, 6.45) is 41.7. The number of hydrogen-bond acceptors (Lipinski definition) is 9. The average Bonchev–Trinajstić information content (AvgIpc) is 3.15. The maximum absolute atomic E-state index is 12.7. The molecular weight excluding hydrogens is 741 g/mol. The zero-order chi connectivity index (χ0) is 42.3. The summed E-state index contributed by atoms with van der Waals surface area (Å²) >= 11 is 0. The van der Waals surface area contributed by atoms with Gasteiger partial charge in [0.25, 0.3) is 7.82 Å². The van der Waals surface area contributed by atoms with E-state index in [9.17, 15) is 24.2 Å². The highest BCUT2D eigenvalue weighted by Gasteiger charge is 2.21. The molecule has 0 bridgehead atoms. The van der Waals surface area contributed by atoms with E-state index in [0.29, 0.717) is 36.7 Å². The van der Waals surface area contributed by atoms with E-state index in [1.54, 1.807) is 0 Å². The Bertz CT molecular complexity index is 1170. The van der Waals surface area contributed by atoms with E-state index < -0.39 is 32.5 Å². The average molecular weight is 824 g/mol. The molecule has 0 heterocycles. The molecule has 57 heavy (non-hydrogen) atoms. The Balaban J connectivity index is 4.49. The van der Waals surface area contributed by atoms with Crippen molar-refractivity contribution >= 4 is 19.8 Å². The molecule has 0 aromatic carbocycles. The summed E-state index contributed by atoms with van der Waals surface area (Å²) in [4.78, 5) is 37.5. The third-order valence-electron chi connectivity index (χ3n) is 9.07. The van der Waals surface area contributed by atoms with Crippen molar-refractivity contribution in [1.29, 1.82) is 0 Å². The Morgan fingerprint density at radius 3 is 1.74 bits per heavy atom. The van der Waals surface area contributed by atoms with Crippen molar-refractivity contribution in [2.24, 2.45) is 0 Å². The van der Waals surface area contributed by atoms with Gasteiger partial charge in [0.1, 0.15) is 19.8 Å². The number of carbonyl (C=O) groups is 2. The summed E-state index contributed by atoms with van der Waals surface area (Å²) < 4.78 is 33.8. The van der Waals surface area contributed by atoms with Crippen LogP contribution in [0.15, 0.2) is 60.8 Å². The van der Waals surface area contributed by atoms with Crippen molar-refractivity contribution < 1.29 is 47.2 Å². The molecule has 0 spiro atoms. The molecule has 0 aliphatic heterocycles. The fraction of sp³-hybridized carbons (Fsp3) is 0.739. The molecule has 0 aromatic rings. The molecule has 3 atom stereocenters. The SMILES string of the molecule is CCCCCCCC/C=C\CCCCCCCC(=O)O[C@H](COC(=O)CCC/C=C\C/C=C\C/C=C\C/C=C\CC(O)CCC)COP(=O)([O-])OCC[N+](C)(C)C. The number of aliphatic hydroxyl groups excluding tert-OH is 1. The third-order valence-corrected chi connectivity index (χ3v) is 10.0. The Kier molecular flexibility index (Phi) is 36.4. The van der Waals surface area contributed by atoms with E-state index in [1.165, 1.54) is 38.5 Å². The van der Waals surface area contributed by atoms with Crippen LogP contribution >= 0.6 is 7.82 Å². The predicted octanol–water partition coefficient (Wildman–Crippen LogP) is 10.8. The second-order valence-electron chi connectivity index (χ2n) is 15.9. The van der Waals surface area contributed by atoms with E-state index in [-0.39, 0.29) is 32.2 Å². The van der Waals surface area contributed by atoms with Crippen molar-refractivity contribution in [3.63, 3.8) is 0 Å². The van der Waals surface area contributed by atoms with Gasteiger partial charge in [0.2, 0.25) is 0 Å². The first kappa shape index (κ1) is 54.7. The topological polar surface area (TPSA) is 131 Å². The fourth-order valence-electron chi connectivity index (χ4n) is 5.60.